The molecule has 1 atom stereocenters. The number of hydrogen-bond donors (Lipinski definition) is 2. The van der Waals surface area contributed by atoms with Gasteiger partial charge < -0.3 is 15.8 Å². The molecule has 0 radical (unpaired) electrons. The summed E-state index contributed by atoms with van der Waals surface area (Å²) in [5.74, 6) is -0.809. The molecule has 2 aromatic carbocycles. The second-order valence-electron chi connectivity index (χ2n) is 4.56. The molecule has 1 unspecified atom stereocenters. The van der Waals surface area contributed by atoms with Crippen molar-refractivity contribution in [1.29, 1.82) is 0 Å². The zero-order valence-electron chi connectivity index (χ0n) is 11.6. The summed E-state index contributed by atoms with van der Waals surface area (Å²) < 4.78 is 19.0. The lowest BCUT2D eigenvalue weighted by Crippen LogP contribution is -2.30. The van der Waals surface area contributed by atoms with Crippen molar-refractivity contribution < 1.29 is 13.9 Å². The Balaban J connectivity index is 2.07. The van der Waals surface area contributed by atoms with E-state index in [1.807, 2.05) is 0 Å². The van der Waals surface area contributed by atoms with E-state index in [0.29, 0.717) is 16.5 Å². The summed E-state index contributed by atoms with van der Waals surface area (Å²) >= 11 is 11.7. The van der Waals surface area contributed by atoms with Gasteiger partial charge in [0, 0.05) is 10.7 Å². The van der Waals surface area contributed by atoms with Crippen molar-refractivity contribution in [2.75, 3.05) is 11.1 Å². The van der Waals surface area contributed by atoms with E-state index in [9.17, 15) is 9.18 Å². The average molecular weight is 343 g/mol. The van der Waals surface area contributed by atoms with Gasteiger partial charge in [-0.2, -0.15) is 0 Å². The van der Waals surface area contributed by atoms with Gasteiger partial charge in [0.2, 0.25) is 0 Å². The van der Waals surface area contributed by atoms with Gasteiger partial charge in [0.15, 0.2) is 6.10 Å². The number of anilines is 2. The van der Waals surface area contributed by atoms with Crippen LogP contribution in [0.25, 0.3) is 0 Å². The molecule has 3 N–H and O–H groups in total. The Labute approximate surface area is 137 Å². The van der Waals surface area contributed by atoms with Crippen molar-refractivity contribution in [3.8, 4) is 5.75 Å². The third kappa shape index (κ3) is 4.02. The normalized spacial score (nSPS) is 11.8. The summed E-state index contributed by atoms with van der Waals surface area (Å²) in [5, 5.41) is 3.15. The van der Waals surface area contributed by atoms with Crippen LogP contribution in [0.5, 0.6) is 5.75 Å². The van der Waals surface area contributed by atoms with Gasteiger partial charge in [-0.05, 0) is 43.3 Å². The van der Waals surface area contributed by atoms with Gasteiger partial charge in [0.1, 0.15) is 11.6 Å². The summed E-state index contributed by atoms with van der Waals surface area (Å²) in [6.45, 7) is 1.52. The third-order valence-electron chi connectivity index (χ3n) is 2.82. The van der Waals surface area contributed by atoms with E-state index in [0.717, 1.165) is 0 Å². The molecule has 4 nitrogen and oxygen atoms in total. The molecule has 7 heteroatoms. The summed E-state index contributed by atoms with van der Waals surface area (Å²) in [4.78, 5) is 12.0. The molecule has 0 saturated carbocycles. The number of carbonyl (C=O) groups excluding carboxylic acids is 1. The first-order valence-corrected chi connectivity index (χ1v) is 7.10. The number of hydrogen-bond acceptors (Lipinski definition) is 3. The van der Waals surface area contributed by atoms with Crippen LogP contribution in [0.1, 0.15) is 6.92 Å². The molecule has 0 fully saturated rings. The summed E-state index contributed by atoms with van der Waals surface area (Å²) in [6.07, 6.45) is -0.889. The largest absolute Gasteiger partial charge is 0.479 e. The van der Waals surface area contributed by atoms with Gasteiger partial charge in [-0.15, -0.1) is 0 Å². The second kappa shape index (κ2) is 6.85. The smallest absolute Gasteiger partial charge is 0.265 e. The number of nitrogen functional groups attached to an aromatic ring is 1. The van der Waals surface area contributed by atoms with Crippen molar-refractivity contribution in [2.45, 2.75) is 13.0 Å². The van der Waals surface area contributed by atoms with E-state index in [4.69, 9.17) is 33.7 Å². The highest BCUT2D eigenvalue weighted by atomic mass is 35.5. The molecule has 2 aromatic rings. The number of rotatable bonds is 4. The number of ether oxygens (including phenoxy) is 1. The van der Waals surface area contributed by atoms with E-state index in [1.54, 1.807) is 12.1 Å². The SMILES string of the molecule is CC(Oc1ccc(Cl)cc1Cl)C(=O)Nc1cc(N)ccc1F. The number of halogens is 3. The van der Waals surface area contributed by atoms with Crippen molar-refractivity contribution in [3.63, 3.8) is 0 Å². The van der Waals surface area contributed by atoms with Gasteiger partial charge in [-0.1, -0.05) is 23.2 Å². The van der Waals surface area contributed by atoms with E-state index in [1.165, 1.54) is 31.2 Å². The van der Waals surface area contributed by atoms with Crippen molar-refractivity contribution in [1.82, 2.24) is 0 Å². The Kier molecular flexibility index (Phi) is 5.11. The highest BCUT2D eigenvalue weighted by Gasteiger charge is 2.18. The molecule has 1 amide bonds. The third-order valence-corrected chi connectivity index (χ3v) is 3.35. The zero-order valence-corrected chi connectivity index (χ0v) is 13.1. The van der Waals surface area contributed by atoms with E-state index >= 15 is 0 Å². The monoisotopic (exact) mass is 342 g/mol. The van der Waals surface area contributed by atoms with Gasteiger partial charge in [-0.25, -0.2) is 4.39 Å². The Morgan fingerprint density at radius 3 is 2.68 bits per heavy atom. The van der Waals surface area contributed by atoms with Gasteiger partial charge >= 0.3 is 0 Å². The van der Waals surface area contributed by atoms with Crippen LogP contribution in [0.15, 0.2) is 36.4 Å². The number of nitrogens with two attached hydrogens (primary N) is 1. The fraction of sp³-hybridized carbons (Fsp3) is 0.133. The van der Waals surface area contributed by atoms with Gasteiger partial charge in [0.05, 0.1) is 10.7 Å². The first kappa shape index (κ1) is 16.4. The molecular formula is C15H13Cl2FN2O2. The molecule has 0 aliphatic rings. The minimum atomic E-state index is -0.889. The van der Waals surface area contributed by atoms with Crippen LogP contribution >= 0.6 is 23.2 Å². The average Bonchev–Trinajstić information content (AvgIpc) is 2.45. The van der Waals surface area contributed by atoms with Crippen LogP contribution in [0.2, 0.25) is 10.0 Å². The van der Waals surface area contributed by atoms with Crippen LogP contribution in [0, 0.1) is 5.82 Å². The van der Waals surface area contributed by atoms with E-state index in [2.05, 4.69) is 5.32 Å². The van der Waals surface area contributed by atoms with Gasteiger partial charge in [-0.3, -0.25) is 4.79 Å². The summed E-state index contributed by atoms with van der Waals surface area (Å²) in [7, 11) is 0. The molecule has 0 saturated heterocycles. The molecular weight excluding hydrogens is 330 g/mol. The first-order valence-electron chi connectivity index (χ1n) is 6.34. The van der Waals surface area contributed by atoms with E-state index < -0.39 is 17.8 Å². The quantitative estimate of drug-likeness (QED) is 0.821. The molecule has 0 aliphatic heterocycles. The standard InChI is InChI=1S/C15H13Cl2FN2O2/c1-8(22-14-5-2-9(16)6-11(14)17)15(21)20-13-7-10(19)3-4-12(13)18/h2-8H,19H2,1H3,(H,20,21). The molecule has 116 valence electrons. The Morgan fingerprint density at radius 2 is 2.00 bits per heavy atom. The Morgan fingerprint density at radius 1 is 1.27 bits per heavy atom. The maximum Gasteiger partial charge on any atom is 0.265 e. The molecule has 0 bridgehead atoms. The van der Waals surface area contributed by atoms with E-state index in [-0.39, 0.29) is 10.7 Å². The fourth-order valence-electron chi connectivity index (χ4n) is 1.69. The molecule has 22 heavy (non-hydrogen) atoms. The number of benzene rings is 2. The van der Waals surface area contributed by atoms with Gasteiger partial charge in [0.25, 0.3) is 5.91 Å². The molecule has 0 heterocycles. The molecule has 0 aliphatic carbocycles. The highest BCUT2D eigenvalue weighted by Crippen LogP contribution is 2.28. The Hall–Kier alpha value is -1.98. The zero-order chi connectivity index (χ0) is 16.3. The second-order valence-corrected chi connectivity index (χ2v) is 5.41. The molecule has 0 aromatic heterocycles. The summed E-state index contributed by atoms with van der Waals surface area (Å²) in [5.41, 5.74) is 5.89. The van der Waals surface area contributed by atoms with Crippen LogP contribution in [0.4, 0.5) is 15.8 Å². The maximum absolute atomic E-state index is 13.6. The topological polar surface area (TPSA) is 64.3 Å². The van der Waals surface area contributed by atoms with Crippen LogP contribution in [0.3, 0.4) is 0 Å². The number of amides is 1. The molecule has 2 rings (SSSR count). The predicted molar refractivity (Wildman–Crippen MR) is 86.0 cm³/mol. The van der Waals surface area contributed by atoms with Crippen LogP contribution in [-0.4, -0.2) is 12.0 Å². The van der Waals surface area contributed by atoms with Crippen molar-refractivity contribution in [3.05, 3.63) is 52.3 Å². The lowest BCUT2D eigenvalue weighted by molar-refractivity contribution is -0.122. The lowest BCUT2D eigenvalue weighted by atomic mass is 10.2. The lowest BCUT2D eigenvalue weighted by Gasteiger charge is -2.16. The van der Waals surface area contributed by atoms with Crippen LogP contribution in [-0.2, 0) is 4.79 Å². The summed E-state index contributed by atoms with van der Waals surface area (Å²) in [6, 6.07) is 8.54. The minimum absolute atomic E-state index is 0.0114. The van der Waals surface area contributed by atoms with Crippen molar-refractivity contribution >= 4 is 40.5 Å². The minimum Gasteiger partial charge on any atom is -0.479 e. The molecule has 0 spiro atoms. The first-order chi connectivity index (χ1) is 10.4. The Bertz CT molecular complexity index is 710. The highest BCUT2D eigenvalue weighted by molar-refractivity contribution is 6.35. The maximum atomic E-state index is 13.6. The number of carbonyl (C=O) groups is 1. The van der Waals surface area contributed by atoms with Crippen LogP contribution < -0.4 is 15.8 Å². The predicted octanol–water partition coefficient (Wildman–Crippen LogP) is 4.12. The number of nitrogens with one attached hydrogen (secondary N) is 1. The van der Waals surface area contributed by atoms with Crippen molar-refractivity contribution in [2.24, 2.45) is 0 Å². The fourth-order valence-corrected chi connectivity index (χ4v) is 2.14.